The van der Waals surface area contributed by atoms with Gasteiger partial charge in [-0.15, -0.1) is 0 Å². The number of nitrogens with zero attached hydrogens (tertiary/aromatic N) is 5. The molecule has 2 amide bonds. The zero-order valence-electron chi connectivity index (χ0n) is 19.6. The Morgan fingerprint density at radius 2 is 1.92 bits per heavy atom. The molecule has 178 valence electrons. The molecule has 3 aliphatic rings. The minimum absolute atomic E-state index is 0.0495. The van der Waals surface area contributed by atoms with Gasteiger partial charge >= 0.3 is 0 Å². The third-order valence-electron chi connectivity index (χ3n) is 7.59. The summed E-state index contributed by atoms with van der Waals surface area (Å²) in [4.78, 5) is 37.2. The molecule has 4 heterocycles. The van der Waals surface area contributed by atoms with Gasteiger partial charge in [-0.2, -0.15) is 5.10 Å². The van der Waals surface area contributed by atoms with Crippen molar-refractivity contribution in [2.24, 2.45) is 0 Å². The summed E-state index contributed by atoms with van der Waals surface area (Å²) < 4.78 is 1.80. The molecule has 1 N–H and O–H groups in total. The van der Waals surface area contributed by atoms with Crippen molar-refractivity contribution >= 4 is 11.8 Å². The van der Waals surface area contributed by atoms with E-state index in [1.165, 1.54) is 5.56 Å². The summed E-state index contributed by atoms with van der Waals surface area (Å²) in [6.07, 6.45) is 8.27. The van der Waals surface area contributed by atoms with E-state index in [1.807, 2.05) is 36.5 Å². The van der Waals surface area contributed by atoms with Crippen molar-refractivity contribution in [3.05, 3.63) is 83.9 Å². The van der Waals surface area contributed by atoms with Crippen LogP contribution in [0.2, 0.25) is 0 Å². The lowest BCUT2D eigenvalue weighted by Crippen LogP contribution is -2.59. The molecule has 8 heteroatoms. The Morgan fingerprint density at radius 1 is 1.00 bits per heavy atom. The second-order valence-corrected chi connectivity index (χ2v) is 9.63. The fraction of sp³-hybridized carbons (Fsp3) is 0.250. The van der Waals surface area contributed by atoms with Crippen LogP contribution in [0.5, 0.6) is 0 Å². The largest absolute Gasteiger partial charge is 0.352 e. The monoisotopic (exact) mass is 476 g/mol. The first kappa shape index (κ1) is 21.0. The number of carbonyl (C=O) groups excluding carboxylic acids is 2. The predicted octanol–water partition coefficient (Wildman–Crippen LogP) is 3.20. The zero-order valence-corrected chi connectivity index (χ0v) is 19.6. The second kappa shape index (κ2) is 7.84. The summed E-state index contributed by atoms with van der Waals surface area (Å²) in [6.45, 7) is 0.963. The van der Waals surface area contributed by atoms with E-state index in [2.05, 4.69) is 33.5 Å². The Balaban J connectivity index is 1.41. The van der Waals surface area contributed by atoms with Crippen molar-refractivity contribution in [1.82, 2.24) is 30.0 Å². The minimum atomic E-state index is -0.711. The number of piperazine rings is 1. The Labute approximate surface area is 208 Å². The number of nitrogens with one attached hydrogen (secondary N) is 1. The molecule has 0 radical (unpaired) electrons. The Hall–Kier alpha value is -4.33. The molecule has 1 spiro atoms. The molecule has 3 aromatic heterocycles. The van der Waals surface area contributed by atoms with Gasteiger partial charge < -0.3 is 10.2 Å². The molecular weight excluding hydrogens is 452 g/mol. The highest BCUT2D eigenvalue weighted by molar-refractivity contribution is 6.02. The summed E-state index contributed by atoms with van der Waals surface area (Å²) >= 11 is 0. The molecule has 0 atom stereocenters. The molecule has 1 saturated heterocycles. The summed E-state index contributed by atoms with van der Waals surface area (Å²) in [6, 6.07) is 16.1. The van der Waals surface area contributed by atoms with E-state index in [0.29, 0.717) is 43.9 Å². The fourth-order valence-corrected chi connectivity index (χ4v) is 5.59. The Morgan fingerprint density at radius 3 is 2.69 bits per heavy atom. The second-order valence-electron chi connectivity index (χ2n) is 9.63. The van der Waals surface area contributed by atoms with Crippen molar-refractivity contribution in [1.29, 1.82) is 0 Å². The van der Waals surface area contributed by atoms with Crippen LogP contribution in [0.25, 0.3) is 28.2 Å². The van der Waals surface area contributed by atoms with Crippen molar-refractivity contribution in [3.8, 4) is 28.2 Å². The lowest BCUT2D eigenvalue weighted by molar-refractivity contribution is -0.129. The van der Waals surface area contributed by atoms with Gasteiger partial charge in [0.25, 0.3) is 5.91 Å². The topological polar surface area (TPSA) is 93.0 Å². The van der Waals surface area contributed by atoms with Gasteiger partial charge in [0, 0.05) is 48.4 Å². The van der Waals surface area contributed by atoms with E-state index in [-0.39, 0.29) is 11.8 Å². The van der Waals surface area contributed by atoms with E-state index < -0.39 is 5.54 Å². The van der Waals surface area contributed by atoms with Crippen molar-refractivity contribution in [2.75, 3.05) is 13.1 Å². The number of hydrogen-bond donors (Lipinski definition) is 1. The molecule has 1 aliphatic heterocycles. The number of aryl methyl sites for hydroxylation is 1. The highest BCUT2D eigenvalue weighted by Crippen LogP contribution is 2.45. The molecule has 1 aromatic carbocycles. The third kappa shape index (κ3) is 3.10. The first-order valence-electron chi connectivity index (χ1n) is 12.3. The summed E-state index contributed by atoms with van der Waals surface area (Å²) in [5.74, 6) is 0.441. The van der Waals surface area contributed by atoms with E-state index >= 15 is 0 Å². The SMILES string of the molecule is O=C(c1nn(-c2ccccn2)c2c1CCc1ccc(-c3cccnc3)cc1-2)N1CCNC(=O)C12CC2. The molecule has 1 saturated carbocycles. The summed E-state index contributed by atoms with van der Waals surface area (Å²) in [5, 5.41) is 7.80. The van der Waals surface area contributed by atoms with E-state index in [1.54, 1.807) is 22.0 Å². The van der Waals surface area contributed by atoms with Crippen molar-refractivity contribution in [3.63, 3.8) is 0 Å². The molecule has 7 rings (SSSR count). The molecule has 2 fully saturated rings. The number of pyridine rings is 2. The Kier molecular flexibility index (Phi) is 4.57. The zero-order chi connectivity index (χ0) is 24.3. The van der Waals surface area contributed by atoms with Crippen LogP contribution < -0.4 is 5.32 Å². The maximum absolute atomic E-state index is 14.0. The van der Waals surface area contributed by atoms with Crippen LogP contribution in [0.3, 0.4) is 0 Å². The van der Waals surface area contributed by atoms with E-state index in [0.717, 1.165) is 34.4 Å². The van der Waals surface area contributed by atoms with Gasteiger partial charge in [0.15, 0.2) is 11.5 Å². The first-order valence-corrected chi connectivity index (χ1v) is 12.3. The third-order valence-corrected chi connectivity index (χ3v) is 7.59. The molecule has 0 unspecified atom stereocenters. The summed E-state index contributed by atoms with van der Waals surface area (Å²) in [5.41, 5.74) is 5.88. The fourth-order valence-electron chi connectivity index (χ4n) is 5.59. The van der Waals surface area contributed by atoms with E-state index in [9.17, 15) is 9.59 Å². The summed E-state index contributed by atoms with van der Waals surface area (Å²) in [7, 11) is 0. The van der Waals surface area contributed by atoms with Gasteiger partial charge in [0.1, 0.15) is 5.54 Å². The van der Waals surface area contributed by atoms with Crippen LogP contribution in [-0.2, 0) is 17.6 Å². The smallest absolute Gasteiger partial charge is 0.275 e. The number of benzene rings is 1. The highest BCUT2D eigenvalue weighted by Gasteiger charge is 2.58. The normalized spacial score (nSPS) is 17.3. The predicted molar refractivity (Wildman–Crippen MR) is 133 cm³/mol. The van der Waals surface area contributed by atoms with Crippen LogP contribution in [-0.4, -0.2) is 55.1 Å². The molecule has 36 heavy (non-hydrogen) atoms. The van der Waals surface area contributed by atoms with Gasteiger partial charge in [-0.1, -0.05) is 24.3 Å². The number of rotatable bonds is 3. The van der Waals surface area contributed by atoms with Crippen molar-refractivity contribution < 1.29 is 9.59 Å². The van der Waals surface area contributed by atoms with Crippen molar-refractivity contribution in [2.45, 2.75) is 31.2 Å². The molecule has 2 aliphatic carbocycles. The van der Waals surface area contributed by atoms with Crippen LogP contribution in [0.4, 0.5) is 0 Å². The number of amides is 2. The number of hydrogen-bond acceptors (Lipinski definition) is 5. The van der Waals surface area contributed by atoms with Gasteiger partial charge in [-0.3, -0.25) is 14.6 Å². The molecule has 8 nitrogen and oxygen atoms in total. The molecular formula is C28H24N6O2. The number of carbonyl (C=O) groups is 2. The maximum Gasteiger partial charge on any atom is 0.275 e. The van der Waals surface area contributed by atoms with Gasteiger partial charge in [0.2, 0.25) is 5.91 Å². The van der Waals surface area contributed by atoms with E-state index in [4.69, 9.17) is 5.10 Å². The molecule has 4 aromatic rings. The van der Waals surface area contributed by atoms with Gasteiger partial charge in [-0.05, 0) is 61.1 Å². The van der Waals surface area contributed by atoms with Gasteiger partial charge in [-0.25, -0.2) is 9.67 Å². The number of fused-ring (bicyclic) bond motifs is 3. The Bertz CT molecular complexity index is 1510. The first-order chi connectivity index (χ1) is 17.7. The minimum Gasteiger partial charge on any atom is -0.352 e. The average molecular weight is 477 g/mol. The maximum atomic E-state index is 14.0. The van der Waals surface area contributed by atoms with Crippen LogP contribution in [0.15, 0.2) is 67.1 Å². The lowest BCUT2D eigenvalue weighted by Gasteiger charge is -2.35. The van der Waals surface area contributed by atoms with Crippen LogP contribution in [0, 0.1) is 0 Å². The van der Waals surface area contributed by atoms with Crippen LogP contribution in [0.1, 0.15) is 34.5 Å². The quantitative estimate of drug-likeness (QED) is 0.490. The highest BCUT2D eigenvalue weighted by atomic mass is 16.2. The van der Waals surface area contributed by atoms with Gasteiger partial charge in [0.05, 0.1) is 5.69 Å². The molecule has 0 bridgehead atoms. The number of aromatic nitrogens is 4. The average Bonchev–Trinajstić information content (AvgIpc) is 3.62. The standard InChI is InChI=1S/C28H24N6O2/c35-26(33-15-14-31-27(36)28(33)10-11-28)24-21-9-8-18-6-7-19(20-4-3-12-29-17-20)16-22(18)25(21)34(32-24)23-5-1-2-13-30-23/h1-7,12-13,16-17H,8-11,14-15H2,(H,31,36). The van der Waals surface area contributed by atoms with Crippen LogP contribution >= 0.6 is 0 Å². The lowest BCUT2D eigenvalue weighted by atomic mass is 9.86.